The molecule has 0 fully saturated rings. The maximum Gasteiger partial charge on any atom is 0.328 e. The van der Waals surface area contributed by atoms with Crippen LogP contribution in [0, 0.1) is 5.41 Å². The van der Waals surface area contributed by atoms with Gasteiger partial charge in [-0.2, -0.15) is 0 Å². The largest absolute Gasteiger partial charge is 0.461 e. The van der Waals surface area contributed by atoms with Crippen LogP contribution < -0.4 is 5.32 Å². The van der Waals surface area contributed by atoms with E-state index in [1.165, 1.54) is 0 Å². The average Bonchev–Trinajstić information content (AvgIpc) is 2.53. The Bertz CT molecular complexity index is 423. The summed E-state index contributed by atoms with van der Waals surface area (Å²) in [6.45, 7) is 7.65. The van der Waals surface area contributed by atoms with Crippen LogP contribution in [-0.2, 0) is 23.9 Å². The number of hydrogen-bond acceptors (Lipinski definition) is 6. The first-order valence-electron chi connectivity index (χ1n) is 8.51. The van der Waals surface area contributed by atoms with Crippen LogP contribution in [0.5, 0.6) is 0 Å². The van der Waals surface area contributed by atoms with Crippen LogP contribution in [0.3, 0.4) is 0 Å². The SMILES string of the molecule is CCCC[C@H](OCC)C(=O)N[C@@H](CCC(=O)C=N)C(=O)OC(C)C. The molecule has 0 aliphatic heterocycles. The smallest absolute Gasteiger partial charge is 0.328 e. The van der Waals surface area contributed by atoms with Crippen molar-refractivity contribution in [3.8, 4) is 0 Å². The van der Waals surface area contributed by atoms with E-state index < -0.39 is 23.9 Å². The van der Waals surface area contributed by atoms with Crippen LogP contribution in [0.25, 0.3) is 0 Å². The number of nitrogens with one attached hydrogen (secondary N) is 2. The molecule has 0 unspecified atom stereocenters. The highest BCUT2D eigenvalue weighted by atomic mass is 16.5. The van der Waals surface area contributed by atoms with Gasteiger partial charge in [-0.15, -0.1) is 0 Å². The van der Waals surface area contributed by atoms with Gasteiger partial charge in [0.2, 0.25) is 5.91 Å². The van der Waals surface area contributed by atoms with Crippen molar-refractivity contribution >= 4 is 23.9 Å². The summed E-state index contributed by atoms with van der Waals surface area (Å²) in [5, 5.41) is 9.55. The summed E-state index contributed by atoms with van der Waals surface area (Å²) >= 11 is 0. The molecule has 0 rings (SSSR count). The number of Topliss-reactive ketones (excluding diaryl/α,β-unsaturated/α-hetero) is 1. The van der Waals surface area contributed by atoms with Gasteiger partial charge in [0.1, 0.15) is 12.1 Å². The molecule has 0 aromatic rings. The van der Waals surface area contributed by atoms with E-state index in [0.717, 1.165) is 12.8 Å². The molecule has 0 aromatic carbocycles. The lowest BCUT2D eigenvalue weighted by atomic mass is 10.1. The van der Waals surface area contributed by atoms with Crippen LogP contribution in [-0.4, -0.2) is 48.7 Å². The number of rotatable bonds is 13. The van der Waals surface area contributed by atoms with E-state index >= 15 is 0 Å². The number of ether oxygens (including phenoxy) is 2. The molecule has 138 valence electrons. The third-order valence-corrected chi connectivity index (χ3v) is 3.27. The molecular weight excluding hydrogens is 312 g/mol. The lowest BCUT2D eigenvalue weighted by Gasteiger charge is -2.22. The van der Waals surface area contributed by atoms with Crippen molar-refractivity contribution in [1.82, 2.24) is 5.32 Å². The maximum absolute atomic E-state index is 12.4. The molecular formula is C17H30N2O5. The molecule has 2 N–H and O–H groups in total. The van der Waals surface area contributed by atoms with Crippen molar-refractivity contribution in [2.75, 3.05) is 6.61 Å². The minimum absolute atomic E-state index is 0.00406. The summed E-state index contributed by atoms with van der Waals surface area (Å²) in [5.41, 5.74) is 0. The Morgan fingerprint density at radius 2 is 1.83 bits per heavy atom. The summed E-state index contributed by atoms with van der Waals surface area (Å²) in [4.78, 5) is 35.8. The van der Waals surface area contributed by atoms with Crippen molar-refractivity contribution in [3.05, 3.63) is 0 Å². The molecule has 7 heteroatoms. The number of carbonyl (C=O) groups is 3. The minimum Gasteiger partial charge on any atom is -0.461 e. The van der Waals surface area contributed by atoms with Crippen molar-refractivity contribution in [2.45, 2.75) is 78.0 Å². The Labute approximate surface area is 144 Å². The fourth-order valence-corrected chi connectivity index (χ4v) is 2.07. The van der Waals surface area contributed by atoms with E-state index in [-0.39, 0.29) is 24.9 Å². The number of unbranched alkanes of at least 4 members (excludes halogenated alkanes) is 1. The Hall–Kier alpha value is -1.76. The zero-order chi connectivity index (χ0) is 18.5. The van der Waals surface area contributed by atoms with Gasteiger partial charge in [0.15, 0.2) is 5.78 Å². The quantitative estimate of drug-likeness (QED) is 0.393. The zero-order valence-corrected chi connectivity index (χ0v) is 15.1. The number of hydrogen-bond donors (Lipinski definition) is 2. The van der Waals surface area contributed by atoms with Gasteiger partial charge in [0.05, 0.1) is 12.3 Å². The molecule has 24 heavy (non-hydrogen) atoms. The lowest BCUT2D eigenvalue weighted by Crippen LogP contribution is -2.47. The van der Waals surface area contributed by atoms with Crippen molar-refractivity contribution in [3.63, 3.8) is 0 Å². The third kappa shape index (κ3) is 9.39. The van der Waals surface area contributed by atoms with Crippen LogP contribution >= 0.6 is 0 Å². The van der Waals surface area contributed by atoms with Gasteiger partial charge in [0, 0.05) is 13.0 Å². The van der Waals surface area contributed by atoms with E-state index in [2.05, 4.69) is 5.32 Å². The molecule has 0 saturated carbocycles. The number of carbonyl (C=O) groups excluding carboxylic acids is 3. The van der Waals surface area contributed by atoms with Crippen molar-refractivity contribution in [2.24, 2.45) is 0 Å². The van der Waals surface area contributed by atoms with E-state index in [9.17, 15) is 14.4 Å². The first-order chi connectivity index (χ1) is 11.3. The maximum atomic E-state index is 12.4. The normalized spacial score (nSPS) is 13.2. The van der Waals surface area contributed by atoms with Gasteiger partial charge in [-0.25, -0.2) is 4.79 Å². The first-order valence-corrected chi connectivity index (χ1v) is 8.51. The van der Waals surface area contributed by atoms with Crippen LogP contribution in [0.4, 0.5) is 0 Å². The Balaban J connectivity index is 4.90. The highest BCUT2D eigenvalue weighted by Crippen LogP contribution is 2.08. The van der Waals surface area contributed by atoms with Gasteiger partial charge in [-0.05, 0) is 33.6 Å². The Morgan fingerprint density at radius 1 is 1.17 bits per heavy atom. The predicted octanol–water partition coefficient (Wildman–Crippen LogP) is 2.02. The van der Waals surface area contributed by atoms with E-state index in [4.69, 9.17) is 14.9 Å². The van der Waals surface area contributed by atoms with Gasteiger partial charge >= 0.3 is 5.97 Å². The molecule has 0 heterocycles. The molecule has 0 aliphatic carbocycles. The standard InChI is InChI=1S/C17H30N2O5/c1-5-7-8-15(23-6-2)16(21)19-14(10-9-13(20)11-18)17(22)24-12(3)4/h11-12,14-15,18H,5-10H2,1-4H3,(H,19,21)/t14-,15-/m0/s1. The van der Waals surface area contributed by atoms with Gasteiger partial charge in [-0.3, -0.25) is 9.59 Å². The summed E-state index contributed by atoms with van der Waals surface area (Å²) in [5.74, 6) is -1.36. The van der Waals surface area contributed by atoms with Gasteiger partial charge in [-0.1, -0.05) is 19.8 Å². The van der Waals surface area contributed by atoms with E-state index in [0.29, 0.717) is 19.2 Å². The second kappa shape index (κ2) is 12.6. The summed E-state index contributed by atoms with van der Waals surface area (Å²) in [6.07, 6.45) is 2.20. The van der Waals surface area contributed by atoms with E-state index in [1.54, 1.807) is 20.8 Å². The van der Waals surface area contributed by atoms with Crippen LogP contribution in [0.1, 0.15) is 59.8 Å². The monoisotopic (exact) mass is 342 g/mol. The first kappa shape index (κ1) is 22.2. The highest BCUT2D eigenvalue weighted by Gasteiger charge is 2.27. The lowest BCUT2D eigenvalue weighted by molar-refractivity contribution is -0.153. The zero-order valence-electron chi connectivity index (χ0n) is 15.1. The number of amides is 1. The second-order valence-corrected chi connectivity index (χ2v) is 5.78. The predicted molar refractivity (Wildman–Crippen MR) is 91.1 cm³/mol. The van der Waals surface area contributed by atoms with Gasteiger partial charge < -0.3 is 20.2 Å². The molecule has 0 spiro atoms. The second-order valence-electron chi connectivity index (χ2n) is 5.78. The summed E-state index contributed by atoms with van der Waals surface area (Å²) in [7, 11) is 0. The molecule has 2 atom stereocenters. The fourth-order valence-electron chi connectivity index (χ4n) is 2.07. The fraction of sp³-hybridized carbons (Fsp3) is 0.765. The van der Waals surface area contributed by atoms with Crippen LogP contribution in [0.15, 0.2) is 0 Å². The molecule has 0 radical (unpaired) electrons. The molecule has 7 nitrogen and oxygen atoms in total. The molecule has 0 saturated heterocycles. The summed E-state index contributed by atoms with van der Waals surface area (Å²) in [6, 6.07) is -0.923. The van der Waals surface area contributed by atoms with Crippen LogP contribution in [0.2, 0.25) is 0 Å². The molecule has 1 amide bonds. The minimum atomic E-state index is -0.923. The topological polar surface area (TPSA) is 106 Å². The highest BCUT2D eigenvalue weighted by molar-refractivity contribution is 6.26. The summed E-state index contributed by atoms with van der Waals surface area (Å²) < 4.78 is 10.6. The van der Waals surface area contributed by atoms with Gasteiger partial charge in [0.25, 0.3) is 0 Å². The molecule has 0 aliphatic rings. The van der Waals surface area contributed by atoms with Crippen molar-refractivity contribution in [1.29, 1.82) is 5.41 Å². The molecule has 0 bridgehead atoms. The van der Waals surface area contributed by atoms with E-state index in [1.807, 2.05) is 6.92 Å². The molecule has 0 aromatic heterocycles. The third-order valence-electron chi connectivity index (χ3n) is 3.27. The average molecular weight is 342 g/mol. The van der Waals surface area contributed by atoms with Crippen molar-refractivity contribution < 1.29 is 23.9 Å². The number of ketones is 1. The number of esters is 1. The Kier molecular flexibility index (Phi) is 11.7. The Morgan fingerprint density at radius 3 is 2.33 bits per heavy atom.